The number of benzene rings is 1. The molecule has 0 bridgehead atoms. The Kier molecular flexibility index (Phi) is 5.45. The van der Waals surface area contributed by atoms with Crippen LogP contribution in [-0.2, 0) is 4.74 Å². The summed E-state index contributed by atoms with van der Waals surface area (Å²) < 4.78 is 17.8. The van der Waals surface area contributed by atoms with Crippen LogP contribution in [0.25, 0.3) is 0 Å². The highest BCUT2D eigenvalue weighted by Crippen LogP contribution is 2.32. The average Bonchev–Trinajstić information content (AvgIpc) is 2.63. The van der Waals surface area contributed by atoms with E-state index in [1.54, 1.807) is 6.20 Å². The molecule has 1 aliphatic rings. The number of nitrogens with one attached hydrogen (secondary N) is 1. The molecule has 0 radical (unpaired) electrons. The number of nitrogens with zero attached hydrogens (tertiary/aromatic N) is 1. The standard InChI is InChI=1S/C18H22N2O3/c1-2-21-18-15(9-6-10-20-18)23-17(14-7-4-3-5-8-14)16-13-19-11-12-22-16/h3-10,16-17,19H,2,11-13H2,1H3/t16-,17?/m0/s1. The number of rotatable bonds is 6. The lowest BCUT2D eigenvalue weighted by Gasteiger charge is -2.31. The lowest BCUT2D eigenvalue weighted by molar-refractivity contribution is -0.0441. The van der Waals surface area contributed by atoms with Gasteiger partial charge in [-0.15, -0.1) is 0 Å². The van der Waals surface area contributed by atoms with Gasteiger partial charge >= 0.3 is 0 Å². The van der Waals surface area contributed by atoms with Crippen molar-refractivity contribution in [3.05, 3.63) is 54.2 Å². The SMILES string of the molecule is CCOc1ncccc1OC(c1ccccc1)[C@@H]1CNCCO1. The quantitative estimate of drug-likeness (QED) is 0.888. The van der Waals surface area contributed by atoms with Crippen LogP contribution in [0.4, 0.5) is 0 Å². The predicted molar refractivity (Wildman–Crippen MR) is 87.8 cm³/mol. The van der Waals surface area contributed by atoms with E-state index in [1.807, 2.05) is 37.3 Å². The lowest BCUT2D eigenvalue weighted by atomic mass is 10.0. The minimum Gasteiger partial charge on any atom is -0.477 e. The van der Waals surface area contributed by atoms with E-state index in [1.165, 1.54) is 0 Å². The van der Waals surface area contributed by atoms with Crippen molar-refractivity contribution in [2.24, 2.45) is 0 Å². The van der Waals surface area contributed by atoms with Gasteiger partial charge in [-0.2, -0.15) is 0 Å². The van der Waals surface area contributed by atoms with E-state index < -0.39 is 0 Å². The topological polar surface area (TPSA) is 52.6 Å². The largest absolute Gasteiger partial charge is 0.477 e. The zero-order valence-electron chi connectivity index (χ0n) is 13.3. The molecule has 3 rings (SSSR count). The van der Waals surface area contributed by atoms with Crippen molar-refractivity contribution in [1.29, 1.82) is 0 Å². The fraction of sp³-hybridized carbons (Fsp3) is 0.389. The summed E-state index contributed by atoms with van der Waals surface area (Å²) >= 11 is 0. The van der Waals surface area contributed by atoms with Crippen LogP contribution >= 0.6 is 0 Å². The number of hydrogen-bond acceptors (Lipinski definition) is 5. The molecule has 2 aromatic rings. The molecule has 23 heavy (non-hydrogen) atoms. The summed E-state index contributed by atoms with van der Waals surface area (Å²) in [5, 5.41) is 3.36. The van der Waals surface area contributed by atoms with Gasteiger partial charge in [-0.25, -0.2) is 4.98 Å². The number of hydrogen-bond donors (Lipinski definition) is 1. The van der Waals surface area contributed by atoms with Crippen LogP contribution in [0.2, 0.25) is 0 Å². The van der Waals surface area contributed by atoms with Gasteiger partial charge < -0.3 is 19.5 Å². The molecule has 2 heterocycles. The van der Waals surface area contributed by atoms with Crippen molar-refractivity contribution in [2.45, 2.75) is 19.1 Å². The first-order valence-corrected chi connectivity index (χ1v) is 8.00. The molecule has 1 unspecified atom stereocenters. The molecular weight excluding hydrogens is 292 g/mol. The Morgan fingerprint density at radius 2 is 2.13 bits per heavy atom. The predicted octanol–water partition coefficient (Wildman–Crippen LogP) is 2.59. The Bertz CT molecular complexity index is 600. The summed E-state index contributed by atoms with van der Waals surface area (Å²) in [5.74, 6) is 1.15. The minimum atomic E-state index is -0.215. The zero-order valence-corrected chi connectivity index (χ0v) is 13.3. The Labute approximate surface area is 136 Å². The average molecular weight is 314 g/mol. The number of morpholine rings is 1. The Balaban J connectivity index is 1.86. The van der Waals surface area contributed by atoms with Gasteiger partial charge in [-0.1, -0.05) is 30.3 Å². The second kappa shape index (κ2) is 7.94. The van der Waals surface area contributed by atoms with E-state index in [4.69, 9.17) is 14.2 Å². The Morgan fingerprint density at radius 1 is 1.26 bits per heavy atom. The van der Waals surface area contributed by atoms with Gasteiger partial charge in [0.25, 0.3) is 5.88 Å². The molecule has 5 heteroatoms. The maximum Gasteiger partial charge on any atom is 0.257 e. The molecule has 2 atom stereocenters. The molecule has 1 fully saturated rings. The van der Waals surface area contributed by atoms with Gasteiger partial charge in [0.2, 0.25) is 0 Å². The third kappa shape index (κ3) is 4.00. The van der Waals surface area contributed by atoms with E-state index >= 15 is 0 Å². The lowest BCUT2D eigenvalue weighted by Crippen LogP contribution is -2.43. The first kappa shape index (κ1) is 15.8. The van der Waals surface area contributed by atoms with Crippen LogP contribution in [0, 0.1) is 0 Å². The second-order valence-electron chi connectivity index (χ2n) is 5.30. The summed E-state index contributed by atoms with van der Waals surface area (Å²) in [7, 11) is 0. The van der Waals surface area contributed by atoms with Crippen LogP contribution in [0.3, 0.4) is 0 Å². The van der Waals surface area contributed by atoms with E-state index in [0.717, 1.165) is 18.7 Å². The summed E-state index contributed by atoms with van der Waals surface area (Å²) in [5.41, 5.74) is 1.08. The van der Waals surface area contributed by atoms with E-state index in [2.05, 4.69) is 22.4 Å². The maximum absolute atomic E-state index is 6.27. The molecular formula is C18H22N2O3. The molecule has 0 amide bonds. The smallest absolute Gasteiger partial charge is 0.257 e. The van der Waals surface area contributed by atoms with Gasteiger partial charge in [-0.3, -0.25) is 0 Å². The maximum atomic E-state index is 6.27. The van der Waals surface area contributed by atoms with Gasteiger partial charge in [0.05, 0.1) is 13.2 Å². The van der Waals surface area contributed by atoms with Crippen LogP contribution in [0.1, 0.15) is 18.6 Å². The first-order valence-electron chi connectivity index (χ1n) is 8.00. The van der Waals surface area contributed by atoms with Crippen LogP contribution in [-0.4, -0.2) is 37.4 Å². The highest BCUT2D eigenvalue weighted by molar-refractivity contribution is 5.34. The molecule has 1 aliphatic heterocycles. The second-order valence-corrected chi connectivity index (χ2v) is 5.30. The van der Waals surface area contributed by atoms with Gasteiger partial charge in [0, 0.05) is 19.3 Å². The van der Waals surface area contributed by atoms with Crippen LogP contribution in [0.5, 0.6) is 11.6 Å². The monoisotopic (exact) mass is 314 g/mol. The van der Waals surface area contributed by atoms with Gasteiger partial charge in [0.1, 0.15) is 6.10 Å². The van der Waals surface area contributed by atoms with E-state index in [-0.39, 0.29) is 12.2 Å². The van der Waals surface area contributed by atoms with Crippen molar-refractivity contribution < 1.29 is 14.2 Å². The van der Waals surface area contributed by atoms with Crippen LogP contribution < -0.4 is 14.8 Å². The number of aromatic nitrogens is 1. The minimum absolute atomic E-state index is 0.0548. The summed E-state index contributed by atoms with van der Waals surface area (Å²) in [6, 6.07) is 13.8. The zero-order chi connectivity index (χ0) is 15.9. The molecule has 0 aliphatic carbocycles. The summed E-state index contributed by atoms with van der Waals surface area (Å²) in [6.07, 6.45) is 1.43. The molecule has 122 valence electrons. The van der Waals surface area contributed by atoms with Crippen molar-refractivity contribution in [2.75, 3.05) is 26.3 Å². The third-order valence-electron chi connectivity index (χ3n) is 3.69. The summed E-state index contributed by atoms with van der Waals surface area (Å²) in [4.78, 5) is 4.26. The highest BCUT2D eigenvalue weighted by Gasteiger charge is 2.28. The highest BCUT2D eigenvalue weighted by atomic mass is 16.6. The molecule has 5 nitrogen and oxygen atoms in total. The molecule has 1 N–H and O–H groups in total. The van der Waals surface area contributed by atoms with E-state index in [9.17, 15) is 0 Å². The van der Waals surface area contributed by atoms with E-state index in [0.29, 0.717) is 24.8 Å². The fourth-order valence-corrected chi connectivity index (χ4v) is 2.63. The molecule has 1 aromatic heterocycles. The van der Waals surface area contributed by atoms with Crippen molar-refractivity contribution >= 4 is 0 Å². The van der Waals surface area contributed by atoms with Gasteiger partial charge in [-0.05, 0) is 24.6 Å². The molecule has 0 saturated carbocycles. The fourth-order valence-electron chi connectivity index (χ4n) is 2.63. The Morgan fingerprint density at radius 3 is 2.87 bits per heavy atom. The number of pyridine rings is 1. The van der Waals surface area contributed by atoms with Crippen molar-refractivity contribution in [3.8, 4) is 11.6 Å². The van der Waals surface area contributed by atoms with Crippen LogP contribution in [0.15, 0.2) is 48.7 Å². The molecule has 0 spiro atoms. The van der Waals surface area contributed by atoms with Gasteiger partial charge in [0.15, 0.2) is 11.9 Å². The third-order valence-corrected chi connectivity index (χ3v) is 3.69. The molecule has 1 aromatic carbocycles. The summed E-state index contributed by atoms with van der Waals surface area (Å²) in [6.45, 7) is 4.79. The number of ether oxygens (including phenoxy) is 3. The van der Waals surface area contributed by atoms with Crippen molar-refractivity contribution in [3.63, 3.8) is 0 Å². The van der Waals surface area contributed by atoms with Crippen molar-refractivity contribution in [1.82, 2.24) is 10.3 Å². The normalized spacial score (nSPS) is 19.1. The first-order chi connectivity index (χ1) is 11.4. The Hall–Kier alpha value is -2.11. The molecule has 1 saturated heterocycles.